The lowest BCUT2D eigenvalue weighted by atomic mass is 9.92. The highest BCUT2D eigenvalue weighted by molar-refractivity contribution is 5.76. The van der Waals surface area contributed by atoms with E-state index in [0.29, 0.717) is 11.0 Å². The molecule has 3 nitrogen and oxygen atoms in total. The molecule has 1 N–H and O–H groups in total. The van der Waals surface area contributed by atoms with E-state index in [-0.39, 0.29) is 6.54 Å². The maximum Gasteiger partial charge on any atom is 0.428 e. The van der Waals surface area contributed by atoms with E-state index in [2.05, 4.69) is 4.98 Å². The van der Waals surface area contributed by atoms with Gasteiger partial charge in [-0.05, 0) is 31.2 Å². The average molecular weight is 338 g/mol. The van der Waals surface area contributed by atoms with Crippen molar-refractivity contribution >= 4 is 11.0 Å². The van der Waals surface area contributed by atoms with Crippen molar-refractivity contribution in [2.75, 3.05) is 0 Å². The molecule has 0 spiro atoms. The number of hydrogen-bond donors (Lipinski definition) is 1. The fourth-order valence-corrected chi connectivity index (χ4v) is 2.78. The van der Waals surface area contributed by atoms with Crippen LogP contribution in [0.15, 0.2) is 48.5 Å². The summed E-state index contributed by atoms with van der Waals surface area (Å²) in [5, 5.41) is 10.7. The Morgan fingerprint density at radius 2 is 1.67 bits per heavy atom. The van der Waals surface area contributed by atoms with Gasteiger partial charge in [0.15, 0.2) is 5.82 Å². The van der Waals surface area contributed by atoms with Crippen LogP contribution in [-0.4, -0.2) is 20.8 Å². The first-order valence-electron chi connectivity index (χ1n) is 7.30. The fourth-order valence-electron chi connectivity index (χ4n) is 2.78. The zero-order valence-electron chi connectivity index (χ0n) is 12.7. The first-order valence-corrected chi connectivity index (χ1v) is 7.30. The molecule has 1 heterocycles. The van der Waals surface area contributed by atoms with E-state index in [1.54, 1.807) is 31.2 Å². The van der Waals surface area contributed by atoms with Crippen LogP contribution in [0.4, 0.5) is 17.6 Å². The van der Waals surface area contributed by atoms with Crippen molar-refractivity contribution in [3.05, 3.63) is 65.7 Å². The van der Waals surface area contributed by atoms with Crippen LogP contribution < -0.4 is 0 Å². The molecule has 0 radical (unpaired) electrons. The number of rotatable bonds is 3. The molecule has 0 fully saturated rings. The van der Waals surface area contributed by atoms with Crippen LogP contribution >= 0.6 is 0 Å². The standard InChI is InChI=1S/C17H14F4N2O/c1-2-23-14-6-4-3-5-13(14)22-15(23)16(24,17(19,20)21)11-7-9-12(18)10-8-11/h3-10,24H,2H2,1H3. The molecule has 1 atom stereocenters. The third-order valence-corrected chi connectivity index (χ3v) is 3.97. The first kappa shape index (κ1) is 16.4. The summed E-state index contributed by atoms with van der Waals surface area (Å²) in [6.07, 6.45) is -5.03. The Morgan fingerprint density at radius 3 is 2.25 bits per heavy atom. The highest BCUT2D eigenvalue weighted by Crippen LogP contribution is 2.44. The molecule has 1 unspecified atom stereocenters. The van der Waals surface area contributed by atoms with Gasteiger partial charge in [0, 0.05) is 12.1 Å². The average Bonchev–Trinajstić information content (AvgIpc) is 2.92. The minimum Gasteiger partial charge on any atom is -0.370 e. The molecule has 1 aromatic heterocycles. The van der Waals surface area contributed by atoms with Gasteiger partial charge in [-0.25, -0.2) is 9.37 Å². The molecule has 0 saturated carbocycles. The minimum absolute atomic E-state index is 0.190. The number of aliphatic hydroxyl groups is 1. The quantitative estimate of drug-likeness (QED) is 0.733. The van der Waals surface area contributed by atoms with Crippen molar-refractivity contribution in [1.29, 1.82) is 0 Å². The summed E-state index contributed by atoms with van der Waals surface area (Å²) in [4.78, 5) is 4.02. The Morgan fingerprint density at radius 1 is 1.04 bits per heavy atom. The van der Waals surface area contributed by atoms with E-state index in [1.165, 1.54) is 4.57 Å². The van der Waals surface area contributed by atoms with Gasteiger partial charge in [-0.3, -0.25) is 0 Å². The van der Waals surface area contributed by atoms with Crippen molar-refractivity contribution in [2.45, 2.75) is 25.2 Å². The van der Waals surface area contributed by atoms with E-state index in [4.69, 9.17) is 0 Å². The van der Waals surface area contributed by atoms with Crippen LogP contribution in [0.1, 0.15) is 18.3 Å². The van der Waals surface area contributed by atoms with Crippen molar-refractivity contribution in [3.8, 4) is 0 Å². The molecular weight excluding hydrogens is 324 g/mol. The summed E-state index contributed by atoms with van der Waals surface area (Å²) in [5.41, 5.74) is -2.99. The number of fused-ring (bicyclic) bond motifs is 1. The van der Waals surface area contributed by atoms with Crippen molar-refractivity contribution in [3.63, 3.8) is 0 Å². The van der Waals surface area contributed by atoms with Crippen LogP contribution in [-0.2, 0) is 12.1 Å². The normalized spacial score (nSPS) is 14.8. The monoisotopic (exact) mass is 338 g/mol. The summed E-state index contributed by atoms with van der Waals surface area (Å²) in [7, 11) is 0. The lowest BCUT2D eigenvalue weighted by molar-refractivity contribution is -0.252. The van der Waals surface area contributed by atoms with Crippen LogP contribution in [0.3, 0.4) is 0 Å². The summed E-state index contributed by atoms with van der Waals surface area (Å²) in [6.45, 7) is 1.86. The number of halogens is 4. The molecule has 0 aliphatic rings. The zero-order chi connectivity index (χ0) is 17.5. The second-order valence-corrected chi connectivity index (χ2v) is 5.38. The number of imidazole rings is 1. The van der Waals surface area contributed by atoms with Crippen molar-refractivity contribution < 1.29 is 22.7 Å². The summed E-state index contributed by atoms with van der Waals surface area (Å²) >= 11 is 0. The third kappa shape index (κ3) is 2.36. The molecule has 3 aromatic rings. The SMILES string of the molecule is CCn1c(C(O)(c2ccc(F)cc2)C(F)(F)F)nc2ccccc21. The number of benzene rings is 2. The lowest BCUT2D eigenvalue weighted by Crippen LogP contribution is -2.45. The summed E-state index contributed by atoms with van der Waals surface area (Å²) in [6, 6.07) is 10.2. The largest absolute Gasteiger partial charge is 0.428 e. The Kier molecular flexibility index (Phi) is 3.83. The zero-order valence-corrected chi connectivity index (χ0v) is 12.7. The Hall–Kier alpha value is -2.41. The van der Waals surface area contributed by atoms with Crippen LogP contribution in [0.5, 0.6) is 0 Å². The van der Waals surface area contributed by atoms with E-state index < -0.39 is 29.0 Å². The highest BCUT2D eigenvalue weighted by Gasteiger charge is 2.59. The predicted octanol–water partition coefficient (Wildman–Crippen LogP) is 3.99. The Bertz CT molecular complexity index is 870. The van der Waals surface area contributed by atoms with Gasteiger partial charge in [-0.2, -0.15) is 13.2 Å². The lowest BCUT2D eigenvalue weighted by Gasteiger charge is -2.30. The van der Waals surface area contributed by atoms with Crippen molar-refractivity contribution in [1.82, 2.24) is 9.55 Å². The molecule has 0 bridgehead atoms. The van der Waals surface area contributed by atoms with Gasteiger partial charge in [0.1, 0.15) is 5.82 Å². The Balaban J connectivity index is 2.34. The molecule has 0 amide bonds. The van der Waals surface area contributed by atoms with Gasteiger partial charge < -0.3 is 9.67 Å². The second-order valence-electron chi connectivity index (χ2n) is 5.38. The van der Waals surface area contributed by atoms with Gasteiger partial charge >= 0.3 is 6.18 Å². The molecule has 0 aliphatic carbocycles. The number of aryl methyl sites for hydroxylation is 1. The maximum atomic E-state index is 13.8. The van der Waals surface area contributed by atoms with Crippen molar-refractivity contribution in [2.24, 2.45) is 0 Å². The maximum absolute atomic E-state index is 13.8. The minimum atomic E-state index is -5.03. The number of para-hydroxylation sites is 2. The number of hydrogen-bond acceptors (Lipinski definition) is 2. The number of alkyl halides is 3. The van der Waals surface area contributed by atoms with E-state index in [0.717, 1.165) is 24.3 Å². The number of nitrogens with zero attached hydrogens (tertiary/aromatic N) is 2. The smallest absolute Gasteiger partial charge is 0.370 e. The molecule has 0 saturated heterocycles. The van der Waals surface area contributed by atoms with Gasteiger partial charge in [0.2, 0.25) is 5.60 Å². The highest BCUT2D eigenvalue weighted by atomic mass is 19.4. The molecule has 126 valence electrons. The summed E-state index contributed by atoms with van der Waals surface area (Å²) in [5.74, 6) is -1.22. The van der Waals surface area contributed by atoms with Gasteiger partial charge in [0.25, 0.3) is 0 Å². The molecular formula is C17H14F4N2O. The van der Waals surface area contributed by atoms with Gasteiger partial charge in [0.05, 0.1) is 11.0 Å². The Labute approximate surface area is 135 Å². The second kappa shape index (κ2) is 5.59. The topological polar surface area (TPSA) is 38.0 Å². The fraction of sp³-hybridized carbons (Fsp3) is 0.235. The first-order chi connectivity index (χ1) is 11.3. The number of aromatic nitrogens is 2. The molecule has 3 rings (SSSR count). The molecule has 0 aliphatic heterocycles. The van der Waals surface area contributed by atoms with Crippen LogP contribution in [0, 0.1) is 5.82 Å². The molecule has 7 heteroatoms. The van der Waals surface area contributed by atoms with Crippen LogP contribution in [0.2, 0.25) is 0 Å². The molecule has 24 heavy (non-hydrogen) atoms. The van der Waals surface area contributed by atoms with E-state index >= 15 is 0 Å². The molecule has 2 aromatic carbocycles. The van der Waals surface area contributed by atoms with Gasteiger partial charge in [-0.15, -0.1) is 0 Å². The van der Waals surface area contributed by atoms with Crippen LogP contribution in [0.25, 0.3) is 11.0 Å². The van der Waals surface area contributed by atoms with E-state index in [9.17, 15) is 22.7 Å². The third-order valence-electron chi connectivity index (χ3n) is 3.97. The van der Waals surface area contributed by atoms with E-state index in [1.807, 2.05) is 0 Å². The summed E-state index contributed by atoms with van der Waals surface area (Å²) < 4.78 is 55.9. The van der Waals surface area contributed by atoms with Gasteiger partial charge in [-0.1, -0.05) is 24.3 Å². The predicted molar refractivity (Wildman–Crippen MR) is 80.9 cm³/mol.